The molecule has 0 atom stereocenters. The number of ether oxygens (including phenoxy) is 2. The number of halogens is 1. The molecule has 0 saturated heterocycles. The van der Waals surface area contributed by atoms with Gasteiger partial charge in [0.15, 0.2) is 0 Å². The molecule has 0 bridgehead atoms. The third kappa shape index (κ3) is 11.4. The van der Waals surface area contributed by atoms with Gasteiger partial charge in [-0.2, -0.15) is 0 Å². The van der Waals surface area contributed by atoms with Crippen LogP contribution in [0.3, 0.4) is 0 Å². The van der Waals surface area contributed by atoms with E-state index >= 15 is 0 Å². The third-order valence-corrected chi connectivity index (χ3v) is 7.82. The minimum Gasteiger partial charge on any atom is -0.508 e. The van der Waals surface area contributed by atoms with E-state index in [2.05, 4.69) is 28.6 Å². The summed E-state index contributed by atoms with van der Waals surface area (Å²) in [6.45, 7) is 4.52. The van der Waals surface area contributed by atoms with E-state index in [1.54, 1.807) is 36.4 Å². The summed E-state index contributed by atoms with van der Waals surface area (Å²) in [7, 11) is 0. The highest BCUT2D eigenvalue weighted by Crippen LogP contribution is 2.36. The topological polar surface area (TPSA) is 93.1 Å². The van der Waals surface area contributed by atoms with Gasteiger partial charge in [0.25, 0.3) is 0 Å². The molecule has 4 aromatic rings. The summed E-state index contributed by atoms with van der Waals surface area (Å²) in [5.41, 5.74) is 5.48. The first-order valence-corrected chi connectivity index (χ1v) is 15.5. The summed E-state index contributed by atoms with van der Waals surface area (Å²) in [4.78, 5) is 23.4. The molecule has 7 heteroatoms. The Hall–Kier alpha value is -4.62. The molecule has 2 aliphatic carbocycles. The Morgan fingerprint density at radius 1 is 0.667 bits per heavy atom. The maximum Gasteiger partial charge on any atom is 0.309 e. The molecule has 0 unspecified atom stereocenters. The number of carbonyl (C=O) groups excluding carboxylic acids is 2. The Morgan fingerprint density at radius 3 is 1.51 bits per heavy atom. The first-order valence-electron chi connectivity index (χ1n) is 14.8. The molecule has 6 rings (SSSR count). The number of allylic oxidation sites excluding steroid dienone is 2. The Morgan fingerprint density at radius 2 is 1.09 bits per heavy atom. The predicted octanol–water partition coefficient (Wildman–Crippen LogP) is 8.78. The van der Waals surface area contributed by atoms with E-state index in [1.165, 1.54) is 5.57 Å². The molecule has 0 heterocycles. The highest BCUT2D eigenvalue weighted by atomic mass is 79.9. The number of hydrogen-bond acceptors (Lipinski definition) is 6. The first-order chi connectivity index (χ1) is 21.7. The lowest BCUT2D eigenvalue weighted by Gasteiger charge is -2.27. The summed E-state index contributed by atoms with van der Waals surface area (Å²) in [6, 6.07) is 33.3. The Balaban J connectivity index is 0.000000172. The van der Waals surface area contributed by atoms with Gasteiger partial charge in [-0.05, 0) is 78.8 Å². The fourth-order valence-electron chi connectivity index (χ4n) is 4.60. The minimum atomic E-state index is -0.119. The number of phenolic OH excluding ortho intramolecular Hbond substituents is 2. The fraction of sp³-hybridized carbons (Fsp3) is 0.211. The van der Waals surface area contributed by atoms with Crippen LogP contribution in [0.25, 0.3) is 6.08 Å². The number of hydrogen-bond donors (Lipinski definition) is 2. The highest BCUT2D eigenvalue weighted by molar-refractivity contribution is 9.10. The SMILES string of the molecule is C=C1CC(C(=O)OCc2ccccc2)C1.O=C(OCc1ccccc1)C1CC(=Cc2ccc(O)cc2)C1.Oc1ccc(Br)cc1. The van der Waals surface area contributed by atoms with Gasteiger partial charge in [0, 0.05) is 4.47 Å². The van der Waals surface area contributed by atoms with Crippen LogP contribution in [-0.4, -0.2) is 22.2 Å². The summed E-state index contributed by atoms with van der Waals surface area (Å²) < 4.78 is 11.5. The van der Waals surface area contributed by atoms with Crippen molar-refractivity contribution in [2.24, 2.45) is 11.8 Å². The fourth-order valence-corrected chi connectivity index (χ4v) is 4.87. The summed E-state index contributed by atoms with van der Waals surface area (Å²) >= 11 is 3.23. The van der Waals surface area contributed by atoms with Crippen LogP contribution >= 0.6 is 15.9 Å². The van der Waals surface area contributed by atoms with Gasteiger partial charge >= 0.3 is 11.9 Å². The molecule has 0 amide bonds. The third-order valence-electron chi connectivity index (χ3n) is 7.29. The Bertz CT molecular complexity index is 1530. The van der Waals surface area contributed by atoms with Gasteiger partial charge in [0.1, 0.15) is 24.7 Å². The van der Waals surface area contributed by atoms with Crippen molar-refractivity contribution in [2.45, 2.75) is 38.9 Å². The maximum absolute atomic E-state index is 12.0. The number of carbonyl (C=O) groups is 2. The molecule has 0 radical (unpaired) electrons. The maximum atomic E-state index is 12.0. The molecule has 0 aromatic heterocycles. The first kappa shape index (κ1) is 33.3. The molecular weight excluding hydrogens is 632 g/mol. The monoisotopic (exact) mass is 668 g/mol. The average molecular weight is 670 g/mol. The Kier molecular flexibility index (Phi) is 12.6. The van der Waals surface area contributed by atoms with Crippen molar-refractivity contribution in [1.29, 1.82) is 0 Å². The molecule has 2 fully saturated rings. The summed E-state index contributed by atoms with van der Waals surface area (Å²) in [5, 5.41) is 18.0. The van der Waals surface area contributed by atoms with Crippen molar-refractivity contribution in [1.82, 2.24) is 0 Å². The van der Waals surface area contributed by atoms with Gasteiger partial charge < -0.3 is 19.7 Å². The van der Waals surface area contributed by atoms with Crippen LogP contribution in [0, 0.1) is 11.8 Å². The zero-order valence-electron chi connectivity index (χ0n) is 25.0. The largest absolute Gasteiger partial charge is 0.508 e. The van der Waals surface area contributed by atoms with Crippen LogP contribution in [0.15, 0.2) is 131 Å². The molecule has 45 heavy (non-hydrogen) atoms. The van der Waals surface area contributed by atoms with E-state index in [4.69, 9.17) is 14.6 Å². The second-order valence-corrected chi connectivity index (χ2v) is 11.9. The molecule has 2 aliphatic rings. The lowest BCUT2D eigenvalue weighted by atomic mass is 9.79. The molecule has 4 aromatic carbocycles. The molecule has 2 N–H and O–H groups in total. The van der Waals surface area contributed by atoms with Gasteiger partial charge in [-0.1, -0.05) is 113 Å². The lowest BCUT2D eigenvalue weighted by Crippen LogP contribution is -2.26. The highest BCUT2D eigenvalue weighted by Gasteiger charge is 2.31. The summed E-state index contributed by atoms with van der Waals surface area (Å²) in [6.07, 6.45) is 5.19. The quantitative estimate of drug-likeness (QED) is 0.151. The number of phenols is 2. The van der Waals surface area contributed by atoms with Crippen LogP contribution in [0.5, 0.6) is 11.5 Å². The smallest absolute Gasteiger partial charge is 0.309 e. The van der Waals surface area contributed by atoms with Crippen LogP contribution in [0.2, 0.25) is 0 Å². The van der Waals surface area contributed by atoms with Crippen molar-refractivity contribution in [3.8, 4) is 11.5 Å². The van der Waals surface area contributed by atoms with Crippen LogP contribution in [-0.2, 0) is 32.3 Å². The average Bonchev–Trinajstić information content (AvgIpc) is 3.02. The van der Waals surface area contributed by atoms with Crippen LogP contribution < -0.4 is 0 Å². The molecule has 2 saturated carbocycles. The zero-order valence-corrected chi connectivity index (χ0v) is 26.6. The number of rotatable bonds is 7. The second-order valence-electron chi connectivity index (χ2n) is 11.0. The van der Waals surface area contributed by atoms with E-state index in [9.17, 15) is 14.7 Å². The van der Waals surface area contributed by atoms with Gasteiger partial charge in [0.2, 0.25) is 0 Å². The van der Waals surface area contributed by atoms with E-state index in [0.717, 1.165) is 52.4 Å². The number of esters is 2. The summed E-state index contributed by atoms with van der Waals surface area (Å²) in [5.74, 6) is 0.387. The molecule has 232 valence electrons. The van der Waals surface area contributed by atoms with Crippen LogP contribution in [0.1, 0.15) is 42.4 Å². The van der Waals surface area contributed by atoms with Crippen molar-refractivity contribution in [3.05, 3.63) is 148 Å². The molecule has 0 aliphatic heterocycles. The van der Waals surface area contributed by atoms with E-state index in [0.29, 0.717) is 19.0 Å². The minimum absolute atomic E-state index is 0.0212. The van der Waals surface area contributed by atoms with E-state index in [-0.39, 0.29) is 29.5 Å². The molecule has 6 nitrogen and oxygen atoms in total. The second kappa shape index (κ2) is 17.0. The van der Waals surface area contributed by atoms with Gasteiger partial charge in [-0.15, -0.1) is 0 Å². The molecule has 0 spiro atoms. The van der Waals surface area contributed by atoms with Crippen molar-refractivity contribution >= 4 is 33.9 Å². The lowest BCUT2D eigenvalue weighted by molar-refractivity contribution is -0.152. The zero-order chi connectivity index (χ0) is 32.0. The van der Waals surface area contributed by atoms with Gasteiger partial charge in [-0.3, -0.25) is 9.59 Å². The number of benzene rings is 4. The standard InChI is InChI=1S/C19H18O3.C13H14O2.C6H5BrO/c20-18-8-6-14(7-9-18)10-16-11-17(12-16)19(21)22-13-15-4-2-1-3-5-15;1-10-7-12(8-10)13(14)15-9-11-5-3-2-4-6-11;7-5-1-3-6(8)4-2-5/h1-10,17,20H,11-13H2;2-6,12H,1,7-9H2;1-4,8H. The molecular formula is C38H37BrO6. The predicted molar refractivity (Wildman–Crippen MR) is 179 cm³/mol. The Labute approximate surface area is 272 Å². The van der Waals surface area contributed by atoms with Crippen LogP contribution in [0.4, 0.5) is 0 Å². The van der Waals surface area contributed by atoms with Gasteiger partial charge in [-0.25, -0.2) is 0 Å². The van der Waals surface area contributed by atoms with Crippen molar-refractivity contribution < 1.29 is 29.3 Å². The van der Waals surface area contributed by atoms with Crippen molar-refractivity contribution in [2.75, 3.05) is 0 Å². The normalized spacial score (nSPS) is 15.1. The number of aromatic hydroxyl groups is 2. The van der Waals surface area contributed by atoms with E-state index in [1.807, 2.05) is 72.8 Å². The van der Waals surface area contributed by atoms with E-state index < -0.39 is 0 Å². The van der Waals surface area contributed by atoms with Gasteiger partial charge in [0.05, 0.1) is 11.8 Å². The van der Waals surface area contributed by atoms with Crippen molar-refractivity contribution in [3.63, 3.8) is 0 Å².